The van der Waals surface area contributed by atoms with Crippen molar-refractivity contribution in [1.82, 2.24) is 14.1 Å². The topological polar surface area (TPSA) is 58.1 Å². The van der Waals surface area contributed by atoms with E-state index in [1.807, 2.05) is 6.20 Å². The van der Waals surface area contributed by atoms with Gasteiger partial charge in [0.2, 0.25) is 5.91 Å². The first-order valence-electron chi connectivity index (χ1n) is 7.13. The van der Waals surface area contributed by atoms with Crippen LogP contribution < -0.4 is 10.2 Å². The first-order chi connectivity index (χ1) is 9.33. The Bertz CT molecular complexity index is 418. The van der Waals surface area contributed by atoms with Gasteiger partial charge < -0.3 is 10.2 Å². The summed E-state index contributed by atoms with van der Waals surface area (Å²) in [5.41, 5.74) is 0. The predicted molar refractivity (Wildman–Crippen MR) is 75.2 cm³/mol. The number of rotatable bonds is 4. The molecule has 2 aliphatic rings. The Morgan fingerprint density at radius 3 is 3.00 bits per heavy atom. The van der Waals surface area contributed by atoms with E-state index in [4.69, 9.17) is 0 Å². The van der Waals surface area contributed by atoms with Crippen LogP contribution in [0.5, 0.6) is 0 Å². The normalized spacial score (nSPS) is 24.0. The Morgan fingerprint density at radius 1 is 1.42 bits per heavy atom. The first-order valence-corrected chi connectivity index (χ1v) is 7.86. The van der Waals surface area contributed by atoms with Gasteiger partial charge in [-0.2, -0.15) is 8.75 Å². The van der Waals surface area contributed by atoms with Gasteiger partial charge in [-0.05, 0) is 31.6 Å². The molecule has 0 aromatic carbocycles. The molecule has 1 saturated carbocycles. The standard InChI is InChI=1S/C13H20N4OS/c18-13(11-4-1-5-11)14-7-10-3-2-6-17(9-10)12-8-15-19-16-12/h8,10-11H,1-7,9H2,(H,14,18). The van der Waals surface area contributed by atoms with Gasteiger partial charge in [0, 0.05) is 25.6 Å². The summed E-state index contributed by atoms with van der Waals surface area (Å²) in [7, 11) is 0. The molecule has 2 heterocycles. The SMILES string of the molecule is O=C(NCC1CCCN(c2cnsn2)C1)C1CCC1. The fourth-order valence-corrected chi connectivity index (χ4v) is 3.23. The Labute approximate surface area is 117 Å². The van der Waals surface area contributed by atoms with E-state index < -0.39 is 0 Å². The Hall–Kier alpha value is -1.17. The van der Waals surface area contributed by atoms with E-state index in [0.29, 0.717) is 11.8 Å². The number of anilines is 1. The number of piperidine rings is 1. The van der Waals surface area contributed by atoms with Crippen molar-refractivity contribution in [2.24, 2.45) is 11.8 Å². The maximum Gasteiger partial charge on any atom is 0.223 e. The van der Waals surface area contributed by atoms with E-state index in [-0.39, 0.29) is 5.91 Å². The van der Waals surface area contributed by atoms with E-state index in [1.54, 1.807) is 0 Å². The summed E-state index contributed by atoms with van der Waals surface area (Å²) in [5, 5.41) is 3.12. The molecule has 1 atom stereocenters. The largest absolute Gasteiger partial charge is 0.356 e. The molecule has 0 radical (unpaired) electrons. The average molecular weight is 280 g/mol. The maximum absolute atomic E-state index is 11.8. The highest BCUT2D eigenvalue weighted by atomic mass is 32.1. The number of carbonyl (C=O) groups excluding carboxylic acids is 1. The fraction of sp³-hybridized carbons (Fsp3) is 0.769. The van der Waals surface area contributed by atoms with Gasteiger partial charge in [-0.3, -0.25) is 4.79 Å². The molecule has 0 bridgehead atoms. The van der Waals surface area contributed by atoms with Crippen LogP contribution >= 0.6 is 11.7 Å². The Kier molecular flexibility index (Phi) is 3.96. The molecule has 1 amide bonds. The van der Waals surface area contributed by atoms with E-state index in [9.17, 15) is 4.79 Å². The molecule has 6 heteroatoms. The number of amides is 1. The highest BCUT2D eigenvalue weighted by Gasteiger charge is 2.27. The van der Waals surface area contributed by atoms with Crippen molar-refractivity contribution in [1.29, 1.82) is 0 Å². The molecular formula is C13H20N4OS. The number of aromatic nitrogens is 2. The number of hydrogen-bond acceptors (Lipinski definition) is 5. The van der Waals surface area contributed by atoms with Gasteiger partial charge in [0.25, 0.3) is 0 Å². The first kappa shape index (κ1) is 12.8. The summed E-state index contributed by atoms with van der Waals surface area (Å²) >= 11 is 1.26. The van der Waals surface area contributed by atoms with Gasteiger partial charge in [-0.15, -0.1) is 0 Å². The molecule has 2 fully saturated rings. The Balaban J connectivity index is 1.47. The van der Waals surface area contributed by atoms with E-state index >= 15 is 0 Å². The third-order valence-corrected chi connectivity index (χ3v) is 4.70. The van der Waals surface area contributed by atoms with Gasteiger partial charge >= 0.3 is 0 Å². The van der Waals surface area contributed by atoms with Crippen LogP contribution in [0.3, 0.4) is 0 Å². The lowest BCUT2D eigenvalue weighted by atomic mass is 9.84. The molecular weight excluding hydrogens is 260 g/mol. The molecule has 1 unspecified atom stereocenters. The minimum atomic E-state index is 0.263. The van der Waals surface area contributed by atoms with Crippen molar-refractivity contribution in [2.75, 3.05) is 24.5 Å². The summed E-state index contributed by atoms with van der Waals surface area (Å²) < 4.78 is 8.35. The Morgan fingerprint density at radius 2 is 2.32 bits per heavy atom. The summed E-state index contributed by atoms with van der Waals surface area (Å²) in [6, 6.07) is 0. The number of carbonyl (C=O) groups is 1. The molecule has 1 aromatic rings. The van der Waals surface area contributed by atoms with Crippen LogP contribution in [0.15, 0.2) is 6.20 Å². The molecule has 19 heavy (non-hydrogen) atoms. The number of nitrogens with one attached hydrogen (secondary N) is 1. The van der Waals surface area contributed by atoms with E-state index in [2.05, 4.69) is 19.0 Å². The molecule has 104 valence electrons. The van der Waals surface area contributed by atoms with Gasteiger partial charge in [0.05, 0.1) is 17.9 Å². The summed E-state index contributed by atoms with van der Waals surface area (Å²) in [6.07, 6.45) is 7.56. The number of hydrogen-bond donors (Lipinski definition) is 1. The lowest BCUT2D eigenvalue weighted by molar-refractivity contribution is -0.127. The van der Waals surface area contributed by atoms with Crippen LogP contribution in [0.2, 0.25) is 0 Å². The molecule has 1 aliphatic heterocycles. The van der Waals surface area contributed by atoms with Crippen molar-refractivity contribution in [3.63, 3.8) is 0 Å². The second kappa shape index (κ2) is 5.86. The van der Waals surface area contributed by atoms with Gasteiger partial charge in [0.1, 0.15) is 0 Å². The molecule has 1 saturated heterocycles. The van der Waals surface area contributed by atoms with Gasteiger partial charge in [-0.1, -0.05) is 6.42 Å². The molecule has 5 nitrogen and oxygen atoms in total. The quantitative estimate of drug-likeness (QED) is 0.911. The minimum Gasteiger partial charge on any atom is -0.356 e. The minimum absolute atomic E-state index is 0.263. The van der Waals surface area contributed by atoms with Crippen LogP contribution in [0, 0.1) is 11.8 Å². The van der Waals surface area contributed by atoms with Gasteiger partial charge in [0.15, 0.2) is 5.82 Å². The lowest BCUT2D eigenvalue weighted by Gasteiger charge is -2.33. The van der Waals surface area contributed by atoms with Crippen LogP contribution in [-0.4, -0.2) is 34.3 Å². The van der Waals surface area contributed by atoms with Crippen molar-refractivity contribution in [3.8, 4) is 0 Å². The number of nitrogens with zero attached hydrogens (tertiary/aromatic N) is 3. The zero-order chi connectivity index (χ0) is 13.1. The molecule has 1 N–H and O–H groups in total. The van der Waals surface area contributed by atoms with Crippen LogP contribution in [0.4, 0.5) is 5.82 Å². The predicted octanol–water partition coefficient (Wildman–Crippen LogP) is 1.67. The van der Waals surface area contributed by atoms with Crippen molar-refractivity contribution < 1.29 is 4.79 Å². The monoisotopic (exact) mass is 280 g/mol. The van der Waals surface area contributed by atoms with Crippen LogP contribution in [-0.2, 0) is 4.79 Å². The van der Waals surface area contributed by atoms with Crippen molar-refractivity contribution in [2.45, 2.75) is 32.1 Å². The summed E-state index contributed by atoms with van der Waals surface area (Å²) in [4.78, 5) is 14.1. The maximum atomic E-state index is 11.8. The highest BCUT2D eigenvalue weighted by Crippen LogP contribution is 2.26. The lowest BCUT2D eigenvalue weighted by Crippen LogP contribution is -2.43. The second-order valence-electron chi connectivity index (χ2n) is 5.59. The van der Waals surface area contributed by atoms with Crippen LogP contribution in [0.25, 0.3) is 0 Å². The average Bonchev–Trinajstić information content (AvgIpc) is 2.88. The second-order valence-corrected chi connectivity index (χ2v) is 6.15. The summed E-state index contributed by atoms with van der Waals surface area (Å²) in [5.74, 6) is 2.08. The van der Waals surface area contributed by atoms with Crippen LogP contribution in [0.1, 0.15) is 32.1 Å². The van der Waals surface area contributed by atoms with Gasteiger partial charge in [-0.25, -0.2) is 0 Å². The molecule has 0 spiro atoms. The molecule has 1 aromatic heterocycles. The van der Waals surface area contributed by atoms with E-state index in [0.717, 1.165) is 38.3 Å². The van der Waals surface area contributed by atoms with Crippen molar-refractivity contribution >= 4 is 23.5 Å². The van der Waals surface area contributed by atoms with E-state index in [1.165, 1.54) is 31.0 Å². The third kappa shape index (κ3) is 3.05. The zero-order valence-corrected chi connectivity index (χ0v) is 11.9. The van der Waals surface area contributed by atoms with Crippen molar-refractivity contribution in [3.05, 3.63) is 6.20 Å². The molecule has 3 rings (SSSR count). The molecule has 1 aliphatic carbocycles. The smallest absolute Gasteiger partial charge is 0.223 e. The summed E-state index contributed by atoms with van der Waals surface area (Å²) in [6.45, 7) is 2.85. The third-order valence-electron chi connectivity index (χ3n) is 4.23. The zero-order valence-electron chi connectivity index (χ0n) is 11.0. The fourth-order valence-electron chi connectivity index (χ4n) is 2.80. The highest BCUT2D eigenvalue weighted by molar-refractivity contribution is 6.99.